The summed E-state index contributed by atoms with van der Waals surface area (Å²) in [4.78, 5) is 23.9. The minimum Gasteiger partial charge on any atom is -0.467 e. The van der Waals surface area contributed by atoms with E-state index < -0.39 is 23.7 Å². The summed E-state index contributed by atoms with van der Waals surface area (Å²) < 4.78 is 17.7. The topological polar surface area (TPSA) is 55.4 Å². The van der Waals surface area contributed by atoms with Gasteiger partial charge in [0.2, 0.25) is 0 Å². The van der Waals surface area contributed by atoms with Gasteiger partial charge in [0, 0.05) is 5.56 Å². The number of carbonyl (C=O) groups excluding carboxylic acids is 2. The van der Waals surface area contributed by atoms with E-state index in [4.69, 9.17) is 4.74 Å². The Morgan fingerprint density at radius 2 is 2.05 bits per heavy atom. The van der Waals surface area contributed by atoms with Crippen molar-refractivity contribution < 1.29 is 18.7 Å². The van der Waals surface area contributed by atoms with Gasteiger partial charge in [-0.05, 0) is 36.6 Å². The third kappa shape index (κ3) is 3.79. The first-order valence-electron chi connectivity index (χ1n) is 6.55. The molecule has 0 aliphatic rings. The second-order valence-electron chi connectivity index (χ2n) is 4.82. The average molecular weight is 281 g/mol. The highest BCUT2D eigenvalue weighted by Gasteiger charge is 2.27. The zero-order valence-electron chi connectivity index (χ0n) is 12.2. The Kier molecular flexibility index (Phi) is 5.67. The van der Waals surface area contributed by atoms with Gasteiger partial charge in [0.15, 0.2) is 0 Å². The number of amides is 1. The maximum atomic E-state index is 13.0. The predicted molar refractivity (Wildman–Crippen MR) is 73.9 cm³/mol. The van der Waals surface area contributed by atoms with Gasteiger partial charge < -0.3 is 10.1 Å². The van der Waals surface area contributed by atoms with Crippen LogP contribution in [0, 0.1) is 18.7 Å². The van der Waals surface area contributed by atoms with Crippen molar-refractivity contribution in [3.05, 3.63) is 35.1 Å². The van der Waals surface area contributed by atoms with Crippen molar-refractivity contribution in [2.45, 2.75) is 33.2 Å². The van der Waals surface area contributed by atoms with Gasteiger partial charge in [-0.25, -0.2) is 9.18 Å². The Morgan fingerprint density at radius 1 is 1.40 bits per heavy atom. The van der Waals surface area contributed by atoms with E-state index in [9.17, 15) is 14.0 Å². The Hall–Kier alpha value is -1.91. The Labute approximate surface area is 118 Å². The zero-order chi connectivity index (χ0) is 15.3. The molecule has 2 unspecified atom stereocenters. The van der Waals surface area contributed by atoms with Gasteiger partial charge in [0.25, 0.3) is 5.91 Å². The molecule has 0 radical (unpaired) electrons. The third-order valence-electron chi connectivity index (χ3n) is 3.39. The molecule has 1 aromatic rings. The zero-order valence-corrected chi connectivity index (χ0v) is 12.2. The van der Waals surface area contributed by atoms with Gasteiger partial charge in [-0.3, -0.25) is 4.79 Å². The summed E-state index contributed by atoms with van der Waals surface area (Å²) in [6, 6.07) is 3.20. The smallest absolute Gasteiger partial charge is 0.328 e. The quantitative estimate of drug-likeness (QED) is 0.843. The molecule has 0 saturated carbocycles. The molecular formula is C15H20FNO3. The molecule has 4 nitrogen and oxygen atoms in total. The first-order valence-corrected chi connectivity index (χ1v) is 6.55. The predicted octanol–water partition coefficient (Wildman–Crippen LogP) is 2.45. The fourth-order valence-corrected chi connectivity index (χ4v) is 1.90. The molecule has 0 saturated heterocycles. The molecule has 2 atom stereocenters. The van der Waals surface area contributed by atoms with Crippen LogP contribution in [0.3, 0.4) is 0 Å². The molecule has 1 N–H and O–H groups in total. The van der Waals surface area contributed by atoms with Crippen LogP contribution in [-0.4, -0.2) is 25.0 Å². The highest BCUT2D eigenvalue weighted by molar-refractivity contribution is 5.98. The molecule has 1 aromatic carbocycles. The van der Waals surface area contributed by atoms with Crippen molar-refractivity contribution in [3.8, 4) is 0 Å². The van der Waals surface area contributed by atoms with Crippen LogP contribution in [-0.2, 0) is 9.53 Å². The lowest BCUT2D eigenvalue weighted by Crippen LogP contribution is -2.45. The van der Waals surface area contributed by atoms with Gasteiger partial charge >= 0.3 is 5.97 Å². The Bertz CT molecular complexity index is 502. The number of aryl methyl sites for hydroxylation is 1. The van der Waals surface area contributed by atoms with Crippen LogP contribution in [0.25, 0.3) is 0 Å². The van der Waals surface area contributed by atoms with E-state index in [0.717, 1.165) is 6.42 Å². The SMILES string of the molecule is CCC(C)C(NC(=O)c1ccc(F)cc1C)C(=O)OC. The molecule has 0 aromatic heterocycles. The van der Waals surface area contributed by atoms with Crippen LogP contribution < -0.4 is 5.32 Å². The summed E-state index contributed by atoms with van der Waals surface area (Å²) in [6.07, 6.45) is 0.725. The Morgan fingerprint density at radius 3 is 2.55 bits per heavy atom. The first kappa shape index (κ1) is 16.1. The summed E-state index contributed by atoms with van der Waals surface area (Å²) in [7, 11) is 1.28. The summed E-state index contributed by atoms with van der Waals surface area (Å²) in [6.45, 7) is 5.43. The first-order chi connectivity index (χ1) is 9.40. The molecule has 0 aliphatic carbocycles. The van der Waals surface area contributed by atoms with Crippen LogP contribution >= 0.6 is 0 Å². The molecule has 0 aliphatic heterocycles. The van der Waals surface area contributed by atoms with Gasteiger partial charge in [-0.2, -0.15) is 0 Å². The lowest BCUT2D eigenvalue weighted by Gasteiger charge is -2.22. The van der Waals surface area contributed by atoms with E-state index in [-0.39, 0.29) is 5.92 Å². The molecule has 1 amide bonds. The van der Waals surface area contributed by atoms with E-state index in [1.54, 1.807) is 6.92 Å². The number of nitrogens with one attached hydrogen (secondary N) is 1. The van der Waals surface area contributed by atoms with E-state index in [0.29, 0.717) is 11.1 Å². The number of benzene rings is 1. The van der Waals surface area contributed by atoms with Crippen LogP contribution in [0.2, 0.25) is 0 Å². The van der Waals surface area contributed by atoms with Gasteiger partial charge in [-0.15, -0.1) is 0 Å². The van der Waals surface area contributed by atoms with Crippen molar-refractivity contribution in [3.63, 3.8) is 0 Å². The van der Waals surface area contributed by atoms with Crippen molar-refractivity contribution in [2.75, 3.05) is 7.11 Å². The molecule has 0 fully saturated rings. The summed E-state index contributed by atoms with van der Waals surface area (Å²) >= 11 is 0. The molecule has 110 valence electrons. The summed E-state index contributed by atoms with van der Waals surface area (Å²) in [5.41, 5.74) is 0.874. The minimum absolute atomic E-state index is 0.0489. The normalized spacial score (nSPS) is 13.4. The number of carbonyl (C=O) groups is 2. The van der Waals surface area contributed by atoms with Gasteiger partial charge in [0.05, 0.1) is 7.11 Å². The molecular weight excluding hydrogens is 261 g/mol. The highest BCUT2D eigenvalue weighted by Crippen LogP contribution is 2.13. The lowest BCUT2D eigenvalue weighted by atomic mass is 9.98. The van der Waals surface area contributed by atoms with E-state index in [1.165, 1.54) is 25.3 Å². The number of ether oxygens (including phenoxy) is 1. The van der Waals surface area contributed by atoms with Gasteiger partial charge in [0.1, 0.15) is 11.9 Å². The number of methoxy groups -OCH3 is 1. The lowest BCUT2D eigenvalue weighted by molar-refractivity contribution is -0.144. The highest BCUT2D eigenvalue weighted by atomic mass is 19.1. The largest absolute Gasteiger partial charge is 0.467 e. The second-order valence-corrected chi connectivity index (χ2v) is 4.82. The van der Waals surface area contributed by atoms with Gasteiger partial charge in [-0.1, -0.05) is 20.3 Å². The molecule has 5 heteroatoms. The number of hydrogen-bond donors (Lipinski definition) is 1. The molecule has 20 heavy (non-hydrogen) atoms. The second kappa shape index (κ2) is 7.03. The van der Waals surface area contributed by atoms with Crippen molar-refractivity contribution in [1.29, 1.82) is 0 Å². The standard InChI is InChI=1S/C15H20FNO3/c1-5-9(2)13(15(19)20-4)17-14(18)12-7-6-11(16)8-10(12)3/h6-9,13H,5H2,1-4H3,(H,17,18). The maximum Gasteiger partial charge on any atom is 0.328 e. The molecule has 0 heterocycles. The molecule has 1 rings (SSSR count). The van der Waals surface area contributed by atoms with E-state index >= 15 is 0 Å². The van der Waals surface area contributed by atoms with Crippen molar-refractivity contribution in [2.24, 2.45) is 5.92 Å². The third-order valence-corrected chi connectivity index (χ3v) is 3.39. The van der Waals surface area contributed by atoms with E-state index in [1.807, 2.05) is 13.8 Å². The monoisotopic (exact) mass is 281 g/mol. The average Bonchev–Trinajstić information content (AvgIpc) is 2.42. The number of hydrogen-bond acceptors (Lipinski definition) is 3. The van der Waals surface area contributed by atoms with Crippen LogP contribution in [0.4, 0.5) is 4.39 Å². The van der Waals surface area contributed by atoms with Crippen molar-refractivity contribution in [1.82, 2.24) is 5.32 Å². The van der Waals surface area contributed by atoms with Crippen molar-refractivity contribution >= 4 is 11.9 Å². The maximum absolute atomic E-state index is 13.0. The summed E-state index contributed by atoms with van der Waals surface area (Å²) in [5.74, 6) is -1.33. The number of halogens is 1. The fourth-order valence-electron chi connectivity index (χ4n) is 1.90. The van der Waals surface area contributed by atoms with Crippen LogP contribution in [0.1, 0.15) is 36.2 Å². The molecule has 0 spiro atoms. The fraction of sp³-hybridized carbons (Fsp3) is 0.467. The Balaban J connectivity index is 2.93. The summed E-state index contributed by atoms with van der Waals surface area (Å²) in [5, 5.41) is 2.66. The van der Waals surface area contributed by atoms with E-state index in [2.05, 4.69) is 5.32 Å². The minimum atomic E-state index is -0.707. The van der Waals surface area contributed by atoms with Crippen LogP contribution in [0.5, 0.6) is 0 Å². The van der Waals surface area contributed by atoms with Crippen LogP contribution in [0.15, 0.2) is 18.2 Å². The number of rotatable bonds is 5. The molecule has 0 bridgehead atoms. The number of esters is 1.